The van der Waals surface area contributed by atoms with Gasteiger partial charge in [0.1, 0.15) is 4.83 Å². The third-order valence-corrected chi connectivity index (χ3v) is 5.50. The topological polar surface area (TPSA) is 83.0 Å². The summed E-state index contributed by atoms with van der Waals surface area (Å²) in [7, 11) is 0. The zero-order chi connectivity index (χ0) is 19.7. The maximum atomic E-state index is 12.5. The van der Waals surface area contributed by atoms with Gasteiger partial charge in [0, 0.05) is 4.88 Å². The molecule has 0 fully saturated rings. The molecule has 0 aliphatic heterocycles. The molecule has 0 saturated carbocycles. The van der Waals surface area contributed by atoms with Gasteiger partial charge in [-0.3, -0.25) is 4.79 Å². The summed E-state index contributed by atoms with van der Waals surface area (Å²) in [5.74, 6) is -0.729. The highest BCUT2D eigenvalue weighted by Gasteiger charge is 2.12. The van der Waals surface area contributed by atoms with Gasteiger partial charge in [0.2, 0.25) is 0 Å². The minimum atomic E-state index is -0.995. The highest BCUT2D eigenvalue weighted by atomic mass is 35.5. The fourth-order valence-electron chi connectivity index (χ4n) is 2.73. The molecule has 4 aromatic rings. The second-order valence-electron chi connectivity index (χ2n) is 6.03. The van der Waals surface area contributed by atoms with Gasteiger partial charge < -0.3 is 10.1 Å². The number of rotatable bonds is 4. The van der Waals surface area contributed by atoms with E-state index < -0.39 is 5.97 Å². The predicted octanol–water partition coefficient (Wildman–Crippen LogP) is 5.09. The SMILES string of the molecule is O=C(O)c1ccc(/C=C(\Cl)c2nc3sc(-c4ccccc4)cc3c(=O)[nH]2)cc1. The first-order chi connectivity index (χ1) is 13.5. The molecule has 7 heteroatoms. The number of thiophene rings is 1. The van der Waals surface area contributed by atoms with Crippen LogP contribution < -0.4 is 5.56 Å². The molecule has 0 bridgehead atoms. The number of carboxylic acid groups (broad SMARTS) is 1. The quantitative estimate of drug-likeness (QED) is 0.493. The van der Waals surface area contributed by atoms with Crippen LogP contribution in [0.15, 0.2) is 65.5 Å². The van der Waals surface area contributed by atoms with E-state index in [1.54, 1.807) is 18.2 Å². The first-order valence-corrected chi connectivity index (χ1v) is 9.51. The van der Waals surface area contributed by atoms with Crippen molar-refractivity contribution in [3.63, 3.8) is 0 Å². The van der Waals surface area contributed by atoms with E-state index in [4.69, 9.17) is 16.7 Å². The number of aromatic amines is 1. The highest BCUT2D eigenvalue weighted by Crippen LogP contribution is 2.31. The van der Waals surface area contributed by atoms with Crippen molar-refractivity contribution < 1.29 is 9.90 Å². The van der Waals surface area contributed by atoms with Crippen LogP contribution in [0.1, 0.15) is 21.7 Å². The molecule has 2 aromatic heterocycles. The molecule has 138 valence electrons. The zero-order valence-electron chi connectivity index (χ0n) is 14.3. The number of nitrogens with one attached hydrogen (secondary N) is 1. The Kier molecular flexibility index (Phi) is 4.81. The molecule has 2 heterocycles. The molecule has 2 N–H and O–H groups in total. The molecule has 0 radical (unpaired) electrons. The average molecular weight is 409 g/mol. The molecule has 5 nitrogen and oxygen atoms in total. The maximum absolute atomic E-state index is 12.5. The van der Waals surface area contributed by atoms with Gasteiger partial charge in [-0.15, -0.1) is 11.3 Å². The summed E-state index contributed by atoms with van der Waals surface area (Å²) in [5.41, 5.74) is 1.65. The lowest BCUT2D eigenvalue weighted by Crippen LogP contribution is -2.09. The van der Waals surface area contributed by atoms with Crippen molar-refractivity contribution in [2.24, 2.45) is 0 Å². The number of carboxylic acids is 1. The highest BCUT2D eigenvalue weighted by molar-refractivity contribution is 7.21. The van der Waals surface area contributed by atoms with Crippen LogP contribution in [-0.4, -0.2) is 21.0 Å². The largest absolute Gasteiger partial charge is 0.478 e. The molecular formula is C21H13ClN2O3S. The third kappa shape index (κ3) is 3.60. The van der Waals surface area contributed by atoms with Crippen LogP contribution in [0.2, 0.25) is 0 Å². The van der Waals surface area contributed by atoms with Gasteiger partial charge in [-0.2, -0.15) is 0 Å². The second-order valence-corrected chi connectivity index (χ2v) is 7.47. The van der Waals surface area contributed by atoms with Crippen molar-refractivity contribution >= 4 is 50.2 Å². The van der Waals surface area contributed by atoms with Crippen molar-refractivity contribution in [2.45, 2.75) is 0 Å². The number of H-pyrrole nitrogens is 1. The number of benzene rings is 2. The maximum Gasteiger partial charge on any atom is 0.335 e. The Hall–Kier alpha value is -3.22. The third-order valence-electron chi connectivity index (χ3n) is 4.14. The van der Waals surface area contributed by atoms with Crippen LogP contribution in [0.5, 0.6) is 0 Å². The Balaban J connectivity index is 1.72. The van der Waals surface area contributed by atoms with Crippen LogP contribution >= 0.6 is 22.9 Å². The minimum absolute atomic E-state index is 0.188. The number of aromatic carboxylic acids is 1. The van der Waals surface area contributed by atoms with E-state index >= 15 is 0 Å². The summed E-state index contributed by atoms with van der Waals surface area (Å²) in [6, 6.07) is 17.9. The Morgan fingerprint density at radius 1 is 1.11 bits per heavy atom. The summed E-state index contributed by atoms with van der Waals surface area (Å²) in [4.78, 5) is 32.2. The first kappa shape index (κ1) is 18.2. The van der Waals surface area contributed by atoms with Crippen molar-refractivity contribution in [2.75, 3.05) is 0 Å². The van der Waals surface area contributed by atoms with Gasteiger partial charge in [0.25, 0.3) is 5.56 Å². The summed E-state index contributed by atoms with van der Waals surface area (Å²) >= 11 is 7.78. The lowest BCUT2D eigenvalue weighted by Gasteiger charge is -2.00. The molecule has 0 unspecified atom stereocenters. The summed E-state index contributed by atoms with van der Waals surface area (Å²) < 4.78 is 0. The molecule has 2 aromatic carbocycles. The van der Waals surface area contributed by atoms with Crippen molar-refractivity contribution in [1.29, 1.82) is 0 Å². The average Bonchev–Trinajstić information content (AvgIpc) is 3.14. The Bertz CT molecular complexity index is 1260. The van der Waals surface area contributed by atoms with Crippen LogP contribution in [-0.2, 0) is 0 Å². The molecule has 0 spiro atoms. The summed E-state index contributed by atoms with van der Waals surface area (Å²) in [5, 5.41) is 9.74. The molecule has 0 saturated heterocycles. The van der Waals surface area contributed by atoms with E-state index in [1.807, 2.05) is 36.4 Å². The Morgan fingerprint density at radius 2 is 1.82 bits per heavy atom. The number of nitrogens with zero attached hydrogens (tertiary/aromatic N) is 1. The number of hydrogen-bond donors (Lipinski definition) is 2. The van der Waals surface area contributed by atoms with Crippen LogP contribution in [0.4, 0.5) is 0 Å². The molecule has 4 rings (SSSR count). The van der Waals surface area contributed by atoms with E-state index in [2.05, 4.69) is 9.97 Å². The lowest BCUT2D eigenvalue weighted by molar-refractivity contribution is 0.0697. The van der Waals surface area contributed by atoms with Crippen molar-refractivity contribution in [1.82, 2.24) is 9.97 Å². The Morgan fingerprint density at radius 3 is 2.50 bits per heavy atom. The predicted molar refractivity (Wildman–Crippen MR) is 113 cm³/mol. The fraction of sp³-hybridized carbons (Fsp3) is 0. The Labute approximate surface area is 168 Å². The first-order valence-electron chi connectivity index (χ1n) is 8.31. The normalized spacial score (nSPS) is 11.7. The van der Waals surface area contributed by atoms with E-state index in [9.17, 15) is 9.59 Å². The van der Waals surface area contributed by atoms with E-state index in [-0.39, 0.29) is 22.0 Å². The number of hydrogen-bond acceptors (Lipinski definition) is 4. The van der Waals surface area contributed by atoms with Gasteiger partial charge >= 0.3 is 5.97 Å². The van der Waals surface area contributed by atoms with Crippen molar-refractivity contribution in [3.8, 4) is 10.4 Å². The summed E-state index contributed by atoms with van der Waals surface area (Å²) in [6.45, 7) is 0. The second kappa shape index (κ2) is 7.42. The lowest BCUT2D eigenvalue weighted by atomic mass is 10.1. The van der Waals surface area contributed by atoms with Gasteiger partial charge in [-0.05, 0) is 35.4 Å². The van der Waals surface area contributed by atoms with E-state index in [0.717, 1.165) is 10.4 Å². The van der Waals surface area contributed by atoms with Crippen LogP contribution in [0, 0.1) is 0 Å². The van der Waals surface area contributed by atoms with Gasteiger partial charge in [-0.25, -0.2) is 9.78 Å². The number of halogens is 1. The van der Waals surface area contributed by atoms with Gasteiger partial charge in [0.05, 0.1) is 16.0 Å². The van der Waals surface area contributed by atoms with Gasteiger partial charge in [-0.1, -0.05) is 54.1 Å². The van der Waals surface area contributed by atoms with Crippen LogP contribution in [0.25, 0.3) is 31.8 Å². The van der Waals surface area contributed by atoms with E-state index in [1.165, 1.54) is 23.5 Å². The molecule has 28 heavy (non-hydrogen) atoms. The molecular weight excluding hydrogens is 396 g/mol. The monoisotopic (exact) mass is 408 g/mol. The zero-order valence-corrected chi connectivity index (χ0v) is 15.9. The molecule has 0 aliphatic rings. The number of fused-ring (bicyclic) bond motifs is 1. The van der Waals surface area contributed by atoms with Crippen molar-refractivity contribution in [3.05, 3.63) is 88.0 Å². The number of carbonyl (C=O) groups is 1. The smallest absolute Gasteiger partial charge is 0.335 e. The number of aromatic nitrogens is 2. The molecule has 0 atom stereocenters. The minimum Gasteiger partial charge on any atom is -0.478 e. The van der Waals surface area contributed by atoms with Crippen LogP contribution in [0.3, 0.4) is 0 Å². The van der Waals surface area contributed by atoms with Gasteiger partial charge in [0.15, 0.2) is 5.82 Å². The molecule has 0 amide bonds. The standard InChI is InChI=1S/C21H13ClN2O3S/c22-16(10-12-6-8-14(9-7-12)21(26)27)18-23-19(25)15-11-17(28-20(15)24-18)13-4-2-1-3-5-13/h1-11H,(H,26,27)(H,23,24,25)/b16-10-. The fourth-order valence-corrected chi connectivity index (χ4v) is 3.98. The summed E-state index contributed by atoms with van der Waals surface area (Å²) in [6.07, 6.45) is 1.63. The molecule has 0 aliphatic carbocycles. The van der Waals surface area contributed by atoms with E-state index in [0.29, 0.717) is 15.8 Å².